The van der Waals surface area contributed by atoms with Crippen molar-refractivity contribution in [3.8, 4) is 17.3 Å². The highest BCUT2D eigenvalue weighted by molar-refractivity contribution is 6.35. The minimum absolute atomic E-state index is 0.327. The molecule has 2 aromatic heterocycles. The number of ether oxygens (including phenoxy) is 2. The molecular formula is C24H22Cl2N4O3. The molecular weight excluding hydrogens is 463 g/mol. The van der Waals surface area contributed by atoms with Crippen molar-refractivity contribution in [1.29, 1.82) is 0 Å². The number of fused-ring (bicyclic) bond motifs is 1. The lowest BCUT2D eigenvalue weighted by molar-refractivity contribution is -0.122. The predicted molar refractivity (Wildman–Crippen MR) is 130 cm³/mol. The van der Waals surface area contributed by atoms with E-state index in [1.165, 1.54) is 0 Å². The summed E-state index contributed by atoms with van der Waals surface area (Å²) in [6.45, 7) is 5.47. The average molecular weight is 485 g/mol. The van der Waals surface area contributed by atoms with E-state index in [-0.39, 0.29) is 5.91 Å². The van der Waals surface area contributed by atoms with E-state index in [1.807, 2.05) is 38.1 Å². The number of hydrogen-bond acceptors (Lipinski definition) is 5. The molecule has 1 N–H and O–H groups in total. The number of pyridine rings is 1. The van der Waals surface area contributed by atoms with Crippen LogP contribution in [0.25, 0.3) is 16.7 Å². The molecule has 0 aliphatic heterocycles. The number of methoxy groups -OCH3 is 1. The van der Waals surface area contributed by atoms with E-state index in [0.29, 0.717) is 33.2 Å². The van der Waals surface area contributed by atoms with E-state index in [9.17, 15) is 4.79 Å². The molecule has 0 saturated heterocycles. The highest BCUT2D eigenvalue weighted by Gasteiger charge is 2.20. The largest absolute Gasteiger partial charge is 0.494 e. The van der Waals surface area contributed by atoms with E-state index < -0.39 is 6.10 Å². The number of hydrogen-bond donors (Lipinski definition) is 1. The molecule has 33 heavy (non-hydrogen) atoms. The first-order chi connectivity index (χ1) is 15.8. The van der Waals surface area contributed by atoms with Crippen LogP contribution in [0.1, 0.15) is 18.2 Å². The monoisotopic (exact) mass is 484 g/mol. The molecule has 0 bridgehead atoms. The fourth-order valence-electron chi connectivity index (χ4n) is 3.45. The smallest absolute Gasteiger partial charge is 0.266 e. The van der Waals surface area contributed by atoms with Crippen LogP contribution in [-0.2, 0) is 4.79 Å². The maximum Gasteiger partial charge on any atom is 0.266 e. The van der Waals surface area contributed by atoms with Gasteiger partial charge < -0.3 is 14.8 Å². The van der Waals surface area contributed by atoms with E-state index in [2.05, 4.69) is 10.4 Å². The van der Waals surface area contributed by atoms with Gasteiger partial charge >= 0.3 is 0 Å². The summed E-state index contributed by atoms with van der Waals surface area (Å²) in [6, 6.07) is 14.3. The third-order valence-corrected chi connectivity index (χ3v) is 5.61. The van der Waals surface area contributed by atoms with Crippen LogP contribution in [0.15, 0.2) is 48.5 Å². The Morgan fingerprint density at radius 2 is 1.88 bits per heavy atom. The lowest BCUT2D eigenvalue weighted by atomic mass is 10.1. The van der Waals surface area contributed by atoms with Gasteiger partial charge in [0.05, 0.1) is 17.8 Å². The molecule has 0 spiro atoms. The van der Waals surface area contributed by atoms with Crippen molar-refractivity contribution < 1.29 is 14.3 Å². The number of carbonyl (C=O) groups excluding carboxylic acids is 1. The second-order valence-electron chi connectivity index (χ2n) is 7.56. The van der Waals surface area contributed by atoms with Gasteiger partial charge in [0.1, 0.15) is 22.8 Å². The van der Waals surface area contributed by atoms with Crippen LogP contribution < -0.4 is 14.8 Å². The van der Waals surface area contributed by atoms with E-state index in [0.717, 1.165) is 22.2 Å². The fraction of sp³-hybridized carbons (Fsp3) is 0.208. The lowest BCUT2D eigenvalue weighted by Crippen LogP contribution is -2.31. The Balaban J connectivity index is 1.63. The number of benzene rings is 2. The topological polar surface area (TPSA) is 78.3 Å². The van der Waals surface area contributed by atoms with Crippen molar-refractivity contribution in [3.05, 3.63) is 69.8 Å². The van der Waals surface area contributed by atoms with Crippen LogP contribution in [0.5, 0.6) is 11.5 Å². The number of aryl methyl sites for hydroxylation is 2. The Kier molecular flexibility index (Phi) is 6.44. The Bertz CT molecular complexity index is 1350. The molecule has 0 aliphatic rings. The van der Waals surface area contributed by atoms with Crippen molar-refractivity contribution >= 4 is 45.8 Å². The number of halogens is 2. The molecule has 1 amide bonds. The van der Waals surface area contributed by atoms with Gasteiger partial charge in [-0.1, -0.05) is 35.3 Å². The van der Waals surface area contributed by atoms with Gasteiger partial charge in [0.25, 0.3) is 5.91 Å². The number of anilines is 1. The highest BCUT2D eigenvalue weighted by atomic mass is 35.5. The Labute approximate surface area is 201 Å². The first-order valence-corrected chi connectivity index (χ1v) is 11.0. The van der Waals surface area contributed by atoms with Gasteiger partial charge in [-0.25, -0.2) is 4.98 Å². The second-order valence-corrected chi connectivity index (χ2v) is 8.40. The quantitative estimate of drug-likeness (QED) is 0.376. The van der Waals surface area contributed by atoms with Gasteiger partial charge in [-0.15, -0.1) is 0 Å². The molecule has 0 radical (unpaired) electrons. The molecule has 0 fully saturated rings. The molecule has 0 aliphatic carbocycles. The van der Waals surface area contributed by atoms with Crippen molar-refractivity contribution in [3.63, 3.8) is 0 Å². The lowest BCUT2D eigenvalue weighted by Gasteiger charge is -2.16. The predicted octanol–water partition coefficient (Wildman–Crippen LogP) is 5.76. The Morgan fingerprint density at radius 1 is 1.09 bits per heavy atom. The third kappa shape index (κ3) is 4.74. The fourth-order valence-corrected chi connectivity index (χ4v) is 3.91. The number of rotatable bonds is 6. The zero-order valence-corrected chi connectivity index (χ0v) is 20.0. The zero-order chi connectivity index (χ0) is 23.7. The summed E-state index contributed by atoms with van der Waals surface area (Å²) in [4.78, 5) is 17.6. The van der Waals surface area contributed by atoms with Gasteiger partial charge in [-0.05, 0) is 56.7 Å². The molecule has 170 valence electrons. The number of nitrogens with zero attached hydrogens (tertiary/aromatic N) is 3. The molecule has 2 heterocycles. The summed E-state index contributed by atoms with van der Waals surface area (Å²) in [7, 11) is 1.61. The van der Waals surface area contributed by atoms with E-state index in [4.69, 9.17) is 37.7 Å². The van der Waals surface area contributed by atoms with Crippen LogP contribution in [0.3, 0.4) is 0 Å². The number of carbonyl (C=O) groups is 1. The second kappa shape index (κ2) is 9.29. The van der Waals surface area contributed by atoms with Crippen LogP contribution in [-0.4, -0.2) is 33.9 Å². The molecule has 0 saturated carbocycles. The number of aromatic nitrogens is 3. The third-order valence-electron chi connectivity index (χ3n) is 5.08. The van der Waals surface area contributed by atoms with Gasteiger partial charge in [-0.3, -0.25) is 4.79 Å². The maximum absolute atomic E-state index is 12.9. The number of nitrogens with one attached hydrogen (secondary N) is 1. The van der Waals surface area contributed by atoms with E-state index >= 15 is 0 Å². The average Bonchev–Trinajstić information content (AvgIpc) is 3.15. The summed E-state index contributed by atoms with van der Waals surface area (Å²) in [6.07, 6.45) is -0.821. The van der Waals surface area contributed by atoms with Gasteiger partial charge in [0, 0.05) is 16.5 Å². The molecule has 7 nitrogen and oxygen atoms in total. The van der Waals surface area contributed by atoms with Crippen LogP contribution in [0, 0.1) is 13.8 Å². The van der Waals surface area contributed by atoms with Crippen LogP contribution in [0.4, 0.5) is 5.82 Å². The molecule has 1 unspecified atom stereocenters. The van der Waals surface area contributed by atoms with Gasteiger partial charge in [0.15, 0.2) is 11.9 Å². The van der Waals surface area contributed by atoms with Crippen molar-refractivity contribution in [1.82, 2.24) is 14.8 Å². The summed E-state index contributed by atoms with van der Waals surface area (Å²) in [5.74, 6) is 1.69. The molecule has 9 heteroatoms. The van der Waals surface area contributed by atoms with Gasteiger partial charge in [-0.2, -0.15) is 9.78 Å². The molecule has 4 aromatic rings. The first-order valence-electron chi connectivity index (χ1n) is 10.2. The minimum atomic E-state index is -0.821. The molecule has 4 rings (SSSR count). The van der Waals surface area contributed by atoms with Gasteiger partial charge in [0.2, 0.25) is 0 Å². The standard InChI is InChI=1S/C24H22Cl2N4O3/c1-13-10-21(27-23-17(13)6-5-7-20(23)32-4)30-22(11-14(2)29-30)28-24(31)15(3)33-19-9-8-16(25)12-18(19)26/h5-12,15H,1-4H3,(H,28,31). The Morgan fingerprint density at radius 3 is 2.61 bits per heavy atom. The molecule has 2 aromatic carbocycles. The summed E-state index contributed by atoms with van der Waals surface area (Å²) < 4.78 is 12.8. The first kappa shape index (κ1) is 22.9. The Hall–Kier alpha value is -3.29. The van der Waals surface area contributed by atoms with Crippen molar-refractivity contribution in [2.24, 2.45) is 0 Å². The highest BCUT2D eigenvalue weighted by Crippen LogP contribution is 2.30. The van der Waals surface area contributed by atoms with Crippen LogP contribution in [0.2, 0.25) is 10.0 Å². The summed E-state index contributed by atoms with van der Waals surface area (Å²) >= 11 is 12.1. The number of amides is 1. The summed E-state index contributed by atoms with van der Waals surface area (Å²) in [5, 5.41) is 9.19. The van der Waals surface area contributed by atoms with Crippen LogP contribution >= 0.6 is 23.2 Å². The van der Waals surface area contributed by atoms with Crippen molar-refractivity contribution in [2.45, 2.75) is 26.9 Å². The summed E-state index contributed by atoms with van der Waals surface area (Å²) in [5.41, 5.74) is 2.45. The minimum Gasteiger partial charge on any atom is -0.494 e. The zero-order valence-electron chi connectivity index (χ0n) is 18.5. The number of para-hydroxylation sites is 1. The van der Waals surface area contributed by atoms with E-state index in [1.54, 1.807) is 43.0 Å². The van der Waals surface area contributed by atoms with Crippen molar-refractivity contribution in [2.75, 3.05) is 12.4 Å². The SMILES string of the molecule is COc1cccc2c(C)cc(-n3nc(C)cc3NC(=O)C(C)Oc3ccc(Cl)cc3Cl)nc12. The molecule has 1 atom stereocenters. The maximum atomic E-state index is 12.9. The normalized spacial score (nSPS) is 11.9.